The van der Waals surface area contributed by atoms with Crippen molar-refractivity contribution in [1.29, 1.82) is 5.26 Å². The summed E-state index contributed by atoms with van der Waals surface area (Å²) in [6, 6.07) is 4.18. The van der Waals surface area contributed by atoms with Crippen LogP contribution in [0, 0.1) is 17.1 Å². The molecule has 1 rings (SSSR count). The second-order valence-electron chi connectivity index (χ2n) is 2.83. The Labute approximate surface area is 102 Å². The Morgan fingerprint density at radius 2 is 2.31 bits per heavy atom. The zero-order chi connectivity index (χ0) is 12.1. The van der Waals surface area contributed by atoms with Gasteiger partial charge in [0.1, 0.15) is 17.5 Å². The maximum Gasteiger partial charge on any atom is 0.181 e. The van der Waals surface area contributed by atoms with Gasteiger partial charge in [0.05, 0.1) is 10.2 Å². The molecule has 0 heterocycles. The monoisotopic (exact) mass is 256 g/mol. The molecule has 0 fully saturated rings. The molecule has 0 amide bonds. The third kappa shape index (κ3) is 3.01. The number of benzene rings is 1. The first-order valence-corrected chi connectivity index (χ1v) is 5.00. The van der Waals surface area contributed by atoms with Gasteiger partial charge >= 0.3 is 0 Å². The van der Waals surface area contributed by atoms with E-state index in [0.717, 1.165) is 6.07 Å². The third-order valence-electron chi connectivity index (χ3n) is 1.65. The zero-order valence-electron chi connectivity index (χ0n) is 8.20. The van der Waals surface area contributed by atoms with Gasteiger partial charge in [-0.25, -0.2) is 4.39 Å². The lowest BCUT2D eigenvalue weighted by Crippen LogP contribution is -2.08. The largest absolute Gasteiger partial charge is 0.474 e. The van der Waals surface area contributed by atoms with Crippen LogP contribution in [0.3, 0.4) is 0 Å². The van der Waals surface area contributed by atoms with Crippen LogP contribution in [0.4, 0.5) is 10.1 Å². The first kappa shape index (κ1) is 12.6. The van der Waals surface area contributed by atoms with Crippen LogP contribution >= 0.6 is 23.8 Å². The van der Waals surface area contributed by atoms with Crippen molar-refractivity contribution in [2.45, 2.75) is 13.0 Å². The summed E-state index contributed by atoms with van der Waals surface area (Å²) >= 11 is 10.1. The van der Waals surface area contributed by atoms with E-state index in [9.17, 15) is 4.39 Å². The summed E-state index contributed by atoms with van der Waals surface area (Å²) in [5.74, 6) is -0.444. The Morgan fingerprint density at radius 3 is 2.88 bits per heavy atom. The highest BCUT2D eigenvalue weighted by molar-refractivity contribution is 7.78. The number of hydrogen-bond donors (Lipinski definition) is 0. The van der Waals surface area contributed by atoms with Crippen LogP contribution in [-0.4, -0.2) is 11.3 Å². The minimum Gasteiger partial charge on any atom is -0.474 e. The van der Waals surface area contributed by atoms with Crippen molar-refractivity contribution in [2.75, 3.05) is 0 Å². The molecule has 0 saturated carbocycles. The molecule has 0 N–H and O–H groups in total. The fourth-order valence-corrected chi connectivity index (χ4v) is 1.25. The average Bonchev–Trinajstić information content (AvgIpc) is 2.25. The molecule has 0 aliphatic heterocycles. The maximum atomic E-state index is 13.3. The Balaban J connectivity index is 3.15. The zero-order valence-corrected chi connectivity index (χ0v) is 9.77. The fraction of sp³-hybridized carbons (Fsp3) is 0.200. The highest BCUT2D eigenvalue weighted by Crippen LogP contribution is 2.32. The summed E-state index contributed by atoms with van der Waals surface area (Å²) in [6.07, 6.45) is -0.688. The summed E-state index contributed by atoms with van der Waals surface area (Å²) in [5.41, 5.74) is -0.0282. The van der Waals surface area contributed by atoms with Crippen molar-refractivity contribution in [3.05, 3.63) is 23.0 Å². The van der Waals surface area contributed by atoms with Gasteiger partial charge in [-0.3, -0.25) is 0 Å². The molecule has 0 aromatic heterocycles. The molecule has 82 valence electrons. The lowest BCUT2D eigenvalue weighted by atomic mass is 10.3. The van der Waals surface area contributed by atoms with E-state index in [-0.39, 0.29) is 16.5 Å². The Bertz CT molecular complexity index is 494. The number of halogens is 2. The summed E-state index contributed by atoms with van der Waals surface area (Å²) < 4.78 is 18.4. The molecule has 1 aromatic rings. The summed E-state index contributed by atoms with van der Waals surface area (Å²) in [7, 11) is 0. The molecule has 0 saturated heterocycles. The van der Waals surface area contributed by atoms with Gasteiger partial charge < -0.3 is 4.74 Å². The second-order valence-corrected chi connectivity index (χ2v) is 3.42. The normalized spacial score (nSPS) is 11.1. The van der Waals surface area contributed by atoms with E-state index in [0.29, 0.717) is 0 Å². The van der Waals surface area contributed by atoms with Gasteiger partial charge in [-0.2, -0.15) is 10.3 Å². The number of isothiocyanates is 1. The van der Waals surface area contributed by atoms with Crippen molar-refractivity contribution in [3.8, 4) is 11.8 Å². The molecule has 0 aliphatic rings. The van der Waals surface area contributed by atoms with Crippen molar-refractivity contribution < 1.29 is 9.13 Å². The second kappa shape index (κ2) is 5.57. The number of nitriles is 1. The molecule has 6 heteroatoms. The predicted octanol–water partition coefficient (Wildman–Crippen LogP) is 3.50. The first-order chi connectivity index (χ1) is 7.58. The van der Waals surface area contributed by atoms with Crippen LogP contribution in [0.15, 0.2) is 17.1 Å². The number of aliphatic imine (C=N–C) groups is 1. The Kier molecular flexibility index (Phi) is 4.39. The van der Waals surface area contributed by atoms with Gasteiger partial charge in [-0.15, -0.1) is 0 Å². The summed E-state index contributed by atoms with van der Waals surface area (Å²) in [4.78, 5) is 3.51. The molecule has 0 aliphatic carbocycles. The molecule has 1 atom stereocenters. The maximum absolute atomic E-state index is 13.3. The molecular weight excluding hydrogens is 251 g/mol. The fourth-order valence-electron chi connectivity index (χ4n) is 0.960. The van der Waals surface area contributed by atoms with E-state index >= 15 is 0 Å². The standard InChI is InChI=1S/C10H6ClFN2OS/c1-6(4-13)15-10-3-9(14-5-16)8(12)2-7(10)11/h2-3,6H,1H3. The molecule has 0 radical (unpaired) electrons. The van der Waals surface area contributed by atoms with Crippen molar-refractivity contribution in [2.24, 2.45) is 4.99 Å². The quantitative estimate of drug-likeness (QED) is 0.614. The first-order valence-electron chi connectivity index (χ1n) is 4.21. The van der Waals surface area contributed by atoms with E-state index in [1.165, 1.54) is 6.07 Å². The smallest absolute Gasteiger partial charge is 0.181 e. The number of rotatable bonds is 3. The minimum atomic E-state index is -0.688. The molecule has 1 aromatic carbocycles. The molecule has 1 unspecified atom stereocenters. The summed E-state index contributed by atoms with van der Waals surface area (Å²) in [6.45, 7) is 1.54. The Morgan fingerprint density at radius 1 is 1.62 bits per heavy atom. The number of nitrogens with zero attached hydrogens (tertiary/aromatic N) is 2. The lowest BCUT2D eigenvalue weighted by Gasteiger charge is -2.10. The van der Waals surface area contributed by atoms with Gasteiger partial charge in [0.2, 0.25) is 0 Å². The van der Waals surface area contributed by atoms with Crippen LogP contribution in [0.1, 0.15) is 6.92 Å². The van der Waals surface area contributed by atoms with E-state index < -0.39 is 11.9 Å². The number of thiocarbonyl (C=S) groups is 1. The van der Waals surface area contributed by atoms with Gasteiger partial charge in [-0.1, -0.05) is 11.6 Å². The third-order valence-corrected chi connectivity index (χ3v) is 2.04. The number of ether oxygens (including phenoxy) is 1. The van der Waals surface area contributed by atoms with Crippen LogP contribution in [0.25, 0.3) is 0 Å². The summed E-state index contributed by atoms with van der Waals surface area (Å²) in [5, 5.41) is 10.7. The van der Waals surface area contributed by atoms with Crippen molar-refractivity contribution in [1.82, 2.24) is 0 Å². The van der Waals surface area contributed by atoms with E-state index in [1.54, 1.807) is 6.92 Å². The highest BCUT2D eigenvalue weighted by atomic mass is 35.5. The van der Waals surface area contributed by atoms with Crippen LogP contribution < -0.4 is 4.74 Å². The molecule has 0 spiro atoms. The van der Waals surface area contributed by atoms with Crippen molar-refractivity contribution in [3.63, 3.8) is 0 Å². The van der Waals surface area contributed by atoms with Gasteiger partial charge in [0, 0.05) is 6.07 Å². The highest BCUT2D eigenvalue weighted by Gasteiger charge is 2.11. The van der Waals surface area contributed by atoms with Gasteiger partial charge in [0.25, 0.3) is 0 Å². The van der Waals surface area contributed by atoms with Gasteiger partial charge in [0.15, 0.2) is 11.9 Å². The number of hydrogen-bond acceptors (Lipinski definition) is 4. The van der Waals surface area contributed by atoms with E-state index in [2.05, 4.69) is 17.2 Å². The SMILES string of the molecule is CC(C#N)Oc1cc(N=C=S)c(F)cc1Cl. The topological polar surface area (TPSA) is 45.4 Å². The Hall–Kier alpha value is -1.47. The molecule has 0 bridgehead atoms. The van der Waals surface area contributed by atoms with Crippen LogP contribution in [0.5, 0.6) is 5.75 Å². The van der Waals surface area contributed by atoms with Gasteiger partial charge in [-0.05, 0) is 25.2 Å². The van der Waals surface area contributed by atoms with E-state index in [4.69, 9.17) is 21.6 Å². The lowest BCUT2D eigenvalue weighted by molar-refractivity contribution is 0.276. The van der Waals surface area contributed by atoms with E-state index in [1.807, 2.05) is 11.2 Å². The molecule has 16 heavy (non-hydrogen) atoms. The molecule has 3 nitrogen and oxygen atoms in total. The molecular formula is C10H6ClFN2OS. The van der Waals surface area contributed by atoms with Crippen molar-refractivity contribution >= 4 is 34.7 Å². The van der Waals surface area contributed by atoms with Crippen LogP contribution in [0.2, 0.25) is 5.02 Å². The minimum absolute atomic E-state index is 0.0282. The average molecular weight is 257 g/mol. The van der Waals surface area contributed by atoms with Crippen LogP contribution in [-0.2, 0) is 0 Å². The predicted molar refractivity (Wildman–Crippen MR) is 61.8 cm³/mol.